The first kappa shape index (κ1) is 20.1. The van der Waals surface area contributed by atoms with E-state index in [9.17, 15) is 9.18 Å². The number of carbonyl (C=O) groups excluding carboxylic acids is 1. The number of rotatable bonds is 8. The molecule has 0 spiro atoms. The molecule has 0 bridgehead atoms. The van der Waals surface area contributed by atoms with Crippen LogP contribution in [0.25, 0.3) is 0 Å². The number of thiophene rings is 1. The van der Waals surface area contributed by atoms with E-state index in [1.807, 2.05) is 60.0 Å². The normalized spacial score (nSPS) is 13.0. The summed E-state index contributed by atoms with van der Waals surface area (Å²) in [6, 6.07) is 23.1. The first-order valence-corrected chi connectivity index (χ1v) is 10.5. The molecule has 6 heteroatoms. The maximum absolute atomic E-state index is 13.4. The Hall–Kier alpha value is -3.22. The highest BCUT2D eigenvalue weighted by molar-refractivity contribution is 7.10. The molecule has 152 valence electrons. The van der Waals surface area contributed by atoms with Gasteiger partial charge in [0.1, 0.15) is 11.6 Å². The SMILES string of the molecule is O=C(CN[C@H](c1ccccc1)c1ccco1)N[C@H](c1ccc(F)cc1)c1cccs1. The van der Waals surface area contributed by atoms with Gasteiger partial charge in [0.2, 0.25) is 5.91 Å². The molecule has 2 N–H and O–H groups in total. The fourth-order valence-corrected chi connectivity index (χ4v) is 4.12. The second-order valence-electron chi connectivity index (χ2n) is 6.81. The van der Waals surface area contributed by atoms with Crippen LogP contribution in [0, 0.1) is 5.82 Å². The molecule has 0 aliphatic carbocycles. The molecule has 1 amide bonds. The maximum Gasteiger partial charge on any atom is 0.234 e. The molecule has 0 fully saturated rings. The van der Waals surface area contributed by atoms with Crippen molar-refractivity contribution in [2.24, 2.45) is 0 Å². The summed E-state index contributed by atoms with van der Waals surface area (Å²) in [6.45, 7) is 0.101. The largest absolute Gasteiger partial charge is 0.467 e. The number of hydrogen-bond acceptors (Lipinski definition) is 4. The fraction of sp³-hybridized carbons (Fsp3) is 0.125. The quantitative estimate of drug-likeness (QED) is 0.419. The first-order chi connectivity index (χ1) is 14.7. The van der Waals surface area contributed by atoms with Crippen molar-refractivity contribution < 1.29 is 13.6 Å². The minimum atomic E-state index is -0.335. The number of nitrogens with one attached hydrogen (secondary N) is 2. The Morgan fingerprint density at radius 2 is 1.67 bits per heavy atom. The van der Waals surface area contributed by atoms with Crippen LogP contribution in [0.2, 0.25) is 0 Å². The Morgan fingerprint density at radius 3 is 2.33 bits per heavy atom. The number of amides is 1. The van der Waals surface area contributed by atoms with Gasteiger partial charge in [0.25, 0.3) is 0 Å². The lowest BCUT2D eigenvalue weighted by Crippen LogP contribution is -2.38. The molecule has 2 heterocycles. The highest BCUT2D eigenvalue weighted by Crippen LogP contribution is 2.26. The van der Waals surface area contributed by atoms with Crippen molar-refractivity contribution in [1.82, 2.24) is 10.6 Å². The average Bonchev–Trinajstić information content (AvgIpc) is 3.48. The molecule has 4 rings (SSSR count). The average molecular weight is 421 g/mol. The monoisotopic (exact) mass is 420 g/mol. The highest BCUT2D eigenvalue weighted by atomic mass is 32.1. The number of carbonyl (C=O) groups is 1. The van der Waals surface area contributed by atoms with Gasteiger partial charge in [0.05, 0.1) is 24.9 Å². The Balaban J connectivity index is 1.48. The summed E-state index contributed by atoms with van der Waals surface area (Å²) >= 11 is 1.55. The van der Waals surface area contributed by atoms with Gasteiger partial charge in [-0.15, -0.1) is 11.3 Å². The van der Waals surface area contributed by atoms with Gasteiger partial charge in [0, 0.05) is 4.88 Å². The zero-order valence-corrected chi connectivity index (χ0v) is 16.9. The summed E-state index contributed by atoms with van der Waals surface area (Å²) in [5.41, 5.74) is 1.84. The van der Waals surface area contributed by atoms with Gasteiger partial charge in [0.15, 0.2) is 0 Å². The predicted octanol–water partition coefficient (Wildman–Crippen LogP) is 5.07. The van der Waals surface area contributed by atoms with E-state index in [4.69, 9.17) is 4.42 Å². The third-order valence-electron chi connectivity index (χ3n) is 4.76. The Morgan fingerprint density at radius 1 is 0.900 bits per heavy atom. The number of halogens is 1. The molecule has 0 saturated carbocycles. The summed E-state index contributed by atoms with van der Waals surface area (Å²) in [7, 11) is 0. The maximum atomic E-state index is 13.4. The van der Waals surface area contributed by atoms with Crippen LogP contribution in [-0.2, 0) is 4.79 Å². The van der Waals surface area contributed by atoms with Gasteiger partial charge in [-0.2, -0.15) is 0 Å². The van der Waals surface area contributed by atoms with Gasteiger partial charge in [-0.1, -0.05) is 48.5 Å². The van der Waals surface area contributed by atoms with E-state index < -0.39 is 0 Å². The van der Waals surface area contributed by atoms with Crippen LogP contribution in [0.15, 0.2) is 94.9 Å². The summed E-state index contributed by atoms with van der Waals surface area (Å²) in [5, 5.41) is 8.31. The fourth-order valence-electron chi connectivity index (χ4n) is 3.32. The Kier molecular flexibility index (Phi) is 6.37. The Bertz CT molecular complexity index is 1050. The minimum absolute atomic E-state index is 0.101. The van der Waals surface area contributed by atoms with E-state index in [0.717, 1.165) is 21.8 Å². The minimum Gasteiger partial charge on any atom is -0.467 e. The van der Waals surface area contributed by atoms with Gasteiger partial charge in [-0.05, 0) is 46.8 Å². The molecule has 0 unspecified atom stereocenters. The zero-order chi connectivity index (χ0) is 20.8. The number of hydrogen-bond donors (Lipinski definition) is 2. The molecule has 0 radical (unpaired) electrons. The molecule has 2 atom stereocenters. The van der Waals surface area contributed by atoms with Crippen molar-refractivity contribution >= 4 is 17.2 Å². The van der Waals surface area contributed by atoms with Crippen LogP contribution in [-0.4, -0.2) is 12.5 Å². The summed E-state index contributed by atoms with van der Waals surface area (Å²) in [6.07, 6.45) is 1.62. The highest BCUT2D eigenvalue weighted by Gasteiger charge is 2.21. The second kappa shape index (κ2) is 9.52. The summed E-state index contributed by atoms with van der Waals surface area (Å²) < 4.78 is 18.9. The molecule has 4 aromatic rings. The van der Waals surface area contributed by atoms with Crippen LogP contribution in [0.1, 0.15) is 33.8 Å². The molecular weight excluding hydrogens is 399 g/mol. The smallest absolute Gasteiger partial charge is 0.234 e. The van der Waals surface area contributed by atoms with Gasteiger partial charge >= 0.3 is 0 Å². The van der Waals surface area contributed by atoms with Crippen molar-refractivity contribution in [3.05, 3.63) is 118 Å². The third-order valence-corrected chi connectivity index (χ3v) is 5.70. The van der Waals surface area contributed by atoms with E-state index in [2.05, 4.69) is 10.6 Å². The summed E-state index contributed by atoms with van der Waals surface area (Å²) in [4.78, 5) is 13.8. The molecule has 0 aliphatic rings. The zero-order valence-electron chi connectivity index (χ0n) is 16.1. The van der Waals surface area contributed by atoms with E-state index >= 15 is 0 Å². The summed E-state index contributed by atoms with van der Waals surface area (Å²) in [5.74, 6) is 0.272. The lowest BCUT2D eigenvalue weighted by Gasteiger charge is -2.20. The van der Waals surface area contributed by atoms with Crippen molar-refractivity contribution in [2.45, 2.75) is 12.1 Å². The molecule has 30 heavy (non-hydrogen) atoms. The number of furan rings is 1. The molecular formula is C24H21FN2O2S. The van der Waals surface area contributed by atoms with Crippen LogP contribution in [0.5, 0.6) is 0 Å². The third kappa shape index (κ3) is 4.84. The van der Waals surface area contributed by atoms with Crippen LogP contribution in [0.3, 0.4) is 0 Å². The van der Waals surface area contributed by atoms with E-state index in [0.29, 0.717) is 0 Å². The predicted molar refractivity (Wildman–Crippen MR) is 116 cm³/mol. The van der Waals surface area contributed by atoms with Crippen molar-refractivity contribution in [2.75, 3.05) is 6.54 Å². The van der Waals surface area contributed by atoms with E-state index in [1.165, 1.54) is 12.1 Å². The van der Waals surface area contributed by atoms with Crippen molar-refractivity contribution in [3.63, 3.8) is 0 Å². The molecule has 2 aromatic carbocycles. The lowest BCUT2D eigenvalue weighted by atomic mass is 10.0. The molecule has 0 aliphatic heterocycles. The number of benzene rings is 2. The van der Waals surface area contributed by atoms with E-state index in [-0.39, 0.29) is 30.4 Å². The molecule has 2 aromatic heterocycles. The Labute approximate surface area is 178 Å². The van der Waals surface area contributed by atoms with Crippen molar-refractivity contribution in [3.8, 4) is 0 Å². The van der Waals surface area contributed by atoms with Gasteiger partial charge < -0.3 is 9.73 Å². The van der Waals surface area contributed by atoms with Gasteiger partial charge in [-0.3, -0.25) is 10.1 Å². The topological polar surface area (TPSA) is 54.3 Å². The lowest BCUT2D eigenvalue weighted by molar-refractivity contribution is -0.120. The van der Waals surface area contributed by atoms with Crippen LogP contribution < -0.4 is 10.6 Å². The van der Waals surface area contributed by atoms with Gasteiger partial charge in [-0.25, -0.2) is 4.39 Å². The van der Waals surface area contributed by atoms with Crippen LogP contribution >= 0.6 is 11.3 Å². The molecule has 0 saturated heterocycles. The first-order valence-electron chi connectivity index (χ1n) is 9.60. The van der Waals surface area contributed by atoms with Crippen molar-refractivity contribution in [1.29, 1.82) is 0 Å². The molecule has 4 nitrogen and oxygen atoms in total. The van der Waals surface area contributed by atoms with Crippen LogP contribution in [0.4, 0.5) is 4.39 Å². The second-order valence-corrected chi connectivity index (χ2v) is 7.79. The standard InChI is InChI=1S/C24H21FN2O2S/c25-19-12-10-18(11-13-19)24(21-9-5-15-30-21)27-22(28)16-26-23(20-8-4-14-29-20)17-6-2-1-3-7-17/h1-15,23-24,26H,16H2,(H,27,28)/t23-,24-/m1/s1. The van der Waals surface area contributed by atoms with E-state index in [1.54, 1.807) is 29.7 Å².